The highest BCUT2D eigenvalue weighted by Gasteiger charge is 2.11. The predicted molar refractivity (Wildman–Crippen MR) is 87.3 cm³/mol. The number of carboxylic acid groups (broad SMARTS) is 1. The van der Waals surface area contributed by atoms with Crippen LogP contribution >= 0.6 is 11.3 Å². The lowest BCUT2D eigenvalue weighted by atomic mass is 10.0. The number of hydrogen-bond donors (Lipinski definition) is 2. The fraction of sp³-hybridized carbons (Fsp3) is 0.118. The molecule has 0 saturated carbocycles. The summed E-state index contributed by atoms with van der Waals surface area (Å²) in [6.45, 7) is 2.84. The van der Waals surface area contributed by atoms with Gasteiger partial charge in [0.2, 0.25) is 0 Å². The molecule has 1 aromatic heterocycles. The van der Waals surface area contributed by atoms with Crippen molar-refractivity contribution >= 4 is 33.8 Å². The zero-order chi connectivity index (χ0) is 14.8. The number of aromatic carboxylic acids is 1. The third-order valence-electron chi connectivity index (χ3n) is 3.59. The average Bonchev–Trinajstić information content (AvgIpc) is 2.89. The van der Waals surface area contributed by atoms with E-state index in [1.165, 1.54) is 11.1 Å². The minimum atomic E-state index is -0.897. The molecule has 0 aliphatic heterocycles. The molecule has 0 unspecified atom stereocenters. The number of carbonyl (C=O) groups is 1. The molecule has 21 heavy (non-hydrogen) atoms. The Morgan fingerprint density at radius 3 is 2.57 bits per heavy atom. The fourth-order valence-corrected chi connectivity index (χ4v) is 3.26. The van der Waals surface area contributed by atoms with E-state index in [4.69, 9.17) is 0 Å². The van der Waals surface area contributed by atoms with E-state index in [0.29, 0.717) is 5.56 Å². The van der Waals surface area contributed by atoms with E-state index < -0.39 is 5.97 Å². The molecular formula is C17H15NO2S. The Morgan fingerprint density at radius 2 is 1.90 bits per heavy atom. The zero-order valence-electron chi connectivity index (χ0n) is 11.6. The molecule has 106 valence electrons. The van der Waals surface area contributed by atoms with Crippen LogP contribution in [-0.2, 0) is 6.54 Å². The third-order valence-corrected chi connectivity index (χ3v) is 4.50. The summed E-state index contributed by atoms with van der Waals surface area (Å²) in [4.78, 5) is 11.3. The molecule has 0 atom stereocenters. The SMILES string of the molecule is Cc1cscc1CNc1ccc(C(=O)O)c2ccccc12. The van der Waals surface area contributed by atoms with Crippen molar-refractivity contribution in [1.29, 1.82) is 0 Å². The molecule has 3 rings (SSSR count). The lowest BCUT2D eigenvalue weighted by Gasteiger charge is -2.11. The maximum Gasteiger partial charge on any atom is 0.336 e. The monoisotopic (exact) mass is 297 g/mol. The standard InChI is InChI=1S/C17H15NO2S/c1-11-9-21-10-12(11)8-18-16-7-6-15(17(19)20)13-4-2-3-5-14(13)16/h2-7,9-10,18H,8H2,1H3,(H,19,20). The van der Waals surface area contributed by atoms with Crippen molar-refractivity contribution in [2.45, 2.75) is 13.5 Å². The van der Waals surface area contributed by atoms with Crippen molar-refractivity contribution in [3.05, 3.63) is 63.8 Å². The molecule has 3 nitrogen and oxygen atoms in total. The first-order chi connectivity index (χ1) is 10.2. The van der Waals surface area contributed by atoms with Gasteiger partial charge in [0.1, 0.15) is 0 Å². The molecule has 0 bridgehead atoms. The second kappa shape index (κ2) is 5.58. The molecule has 0 saturated heterocycles. The number of rotatable bonds is 4. The molecule has 0 radical (unpaired) electrons. The van der Waals surface area contributed by atoms with Crippen LogP contribution in [0.1, 0.15) is 21.5 Å². The molecule has 2 aromatic carbocycles. The summed E-state index contributed by atoms with van der Waals surface area (Å²) >= 11 is 1.69. The van der Waals surface area contributed by atoms with E-state index in [1.54, 1.807) is 17.4 Å². The molecule has 0 fully saturated rings. The minimum absolute atomic E-state index is 0.336. The van der Waals surface area contributed by atoms with Crippen LogP contribution in [-0.4, -0.2) is 11.1 Å². The maximum absolute atomic E-state index is 11.3. The van der Waals surface area contributed by atoms with Gasteiger partial charge in [-0.15, -0.1) is 0 Å². The molecule has 0 spiro atoms. The van der Waals surface area contributed by atoms with Crippen LogP contribution in [0.4, 0.5) is 5.69 Å². The van der Waals surface area contributed by atoms with E-state index in [1.807, 2.05) is 30.3 Å². The van der Waals surface area contributed by atoms with Gasteiger partial charge in [-0.25, -0.2) is 4.79 Å². The Bertz CT molecular complexity index is 807. The summed E-state index contributed by atoms with van der Waals surface area (Å²) < 4.78 is 0. The van der Waals surface area contributed by atoms with Crippen molar-refractivity contribution in [1.82, 2.24) is 0 Å². The summed E-state index contributed by atoms with van der Waals surface area (Å²) in [6, 6.07) is 11.1. The van der Waals surface area contributed by atoms with Gasteiger partial charge in [-0.2, -0.15) is 11.3 Å². The number of benzene rings is 2. The van der Waals surface area contributed by atoms with Crippen LogP contribution in [0.3, 0.4) is 0 Å². The zero-order valence-corrected chi connectivity index (χ0v) is 12.4. The quantitative estimate of drug-likeness (QED) is 0.744. The van der Waals surface area contributed by atoms with E-state index in [2.05, 4.69) is 23.0 Å². The molecular weight excluding hydrogens is 282 g/mol. The number of carboxylic acids is 1. The fourth-order valence-electron chi connectivity index (χ4n) is 2.40. The van der Waals surface area contributed by atoms with Gasteiger partial charge in [0.15, 0.2) is 0 Å². The lowest BCUT2D eigenvalue weighted by molar-refractivity contribution is 0.0699. The van der Waals surface area contributed by atoms with Gasteiger partial charge in [-0.05, 0) is 46.3 Å². The van der Waals surface area contributed by atoms with Crippen molar-refractivity contribution < 1.29 is 9.90 Å². The van der Waals surface area contributed by atoms with Crippen LogP contribution in [0.15, 0.2) is 47.2 Å². The van der Waals surface area contributed by atoms with Gasteiger partial charge in [0.05, 0.1) is 5.56 Å². The van der Waals surface area contributed by atoms with Gasteiger partial charge in [0, 0.05) is 17.6 Å². The number of fused-ring (bicyclic) bond motifs is 1. The van der Waals surface area contributed by atoms with Crippen LogP contribution in [0.25, 0.3) is 10.8 Å². The molecule has 4 heteroatoms. The summed E-state index contributed by atoms with van der Waals surface area (Å²) in [7, 11) is 0. The third kappa shape index (κ3) is 2.62. The Hall–Kier alpha value is -2.33. The van der Waals surface area contributed by atoms with Crippen LogP contribution in [0.2, 0.25) is 0 Å². The number of anilines is 1. The van der Waals surface area contributed by atoms with E-state index in [0.717, 1.165) is 23.0 Å². The summed E-state index contributed by atoms with van der Waals surface area (Å²) in [5.41, 5.74) is 3.84. The van der Waals surface area contributed by atoms with Gasteiger partial charge in [0.25, 0.3) is 0 Å². The van der Waals surface area contributed by atoms with Crippen molar-refractivity contribution in [2.24, 2.45) is 0 Å². The molecule has 2 N–H and O–H groups in total. The van der Waals surface area contributed by atoms with Crippen LogP contribution in [0.5, 0.6) is 0 Å². The van der Waals surface area contributed by atoms with Crippen molar-refractivity contribution in [2.75, 3.05) is 5.32 Å². The van der Waals surface area contributed by atoms with Gasteiger partial charge in [-0.3, -0.25) is 0 Å². The first-order valence-corrected chi connectivity index (χ1v) is 7.61. The Kier molecular flexibility index (Phi) is 3.62. The predicted octanol–water partition coefficient (Wildman–Crippen LogP) is 4.52. The van der Waals surface area contributed by atoms with Crippen molar-refractivity contribution in [3.63, 3.8) is 0 Å². The topological polar surface area (TPSA) is 49.3 Å². The molecule has 1 heterocycles. The van der Waals surface area contributed by atoms with E-state index >= 15 is 0 Å². The summed E-state index contributed by atoms with van der Waals surface area (Å²) in [5.74, 6) is -0.897. The molecule has 0 amide bonds. The van der Waals surface area contributed by atoms with Gasteiger partial charge in [-0.1, -0.05) is 24.3 Å². The number of aryl methyl sites for hydroxylation is 1. The highest BCUT2D eigenvalue weighted by Crippen LogP contribution is 2.27. The second-order valence-electron chi connectivity index (χ2n) is 4.95. The number of hydrogen-bond acceptors (Lipinski definition) is 3. The Labute approximate surface area is 126 Å². The summed E-state index contributed by atoms with van der Waals surface area (Å²) in [5, 5.41) is 18.6. The highest BCUT2D eigenvalue weighted by atomic mass is 32.1. The second-order valence-corrected chi connectivity index (χ2v) is 5.69. The van der Waals surface area contributed by atoms with Crippen LogP contribution in [0, 0.1) is 6.92 Å². The first-order valence-electron chi connectivity index (χ1n) is 6.67. The molecule has 0 aliphatic carbocycles. The Balaban J connectivity index is 1.98. The van der Waals surface area contributed by atoms with Gasteiger partial charge >= 0.3 is 5.97 Å². The first kappa shape index (κ1) is 13.6. The highest BCUT2D eigenvalue weighted by molar-refractivity contribution is 7.08. The summed E-state index contributed by atoms with van der Waals surface area (Å²) in [6.07, 6.45) is 0. The van der Waals surface area contributed by atoms with E-state index in [9.17, 15) is 9.90 Å². The lowest BCUT2D eigenvalue weighted by Crippen LogP contribution is -2.03. The van der Waals surface area contributed by atoms with Crippen molar-refractivity contribution in [3.8, 4) is 0 Å². The molecule has 3 aromatic rings. The molecule has 0 aliphatic rings. The number of thiophene rings is 1. The van der Waals surface area contributed by atoms with E-state index in [-0.39, 0.29) is 0 Å². The van der Waals surface area contributed by atoms with Gasteiger partial charge < -0.3 is 10.4 Å². The van der Waals surface area contributed by atoms with Crippen LogP contribution < -0.4 is 5.32 Å². The minimum Gasteiger partial charge on any atom is -0.478 e. The largest absolute Gasteiger partial charge is 0.478 e. The normalized spacial score (nSPS) is 10.7. The Morgan fingerprint density at radius 1 is 1.14 bits per heavy atom. The smallest absolute Gasteiger partial charge is 0.336 e. The maximum atomic E-state index is 11.3. The number of nitrogens with one attached hydrogen (secondary N) is 1. The average molecular weight is 297 g/mol.